The van der Waals surface area contributed by atoms with Crippen LogP contribution in [0.5, 0.6) is 0 Å². The lowest BCUT2D eigenvalue weighted by Crippen LogP contribution is -2.10. The first-order valence-electron chi connectivity index (χ1n) is 5.33. The van der Waals surface area contributed by atoms with E-state index in [9.17, 15) is 22.4 Å². The minimum atomic E-state index is -4.77. The lowest BCUT2D eigenvalue weighted by Gasteiger charge is -2.12. The molecule has 0 aliphatic heterocycles. The maximum absolute atomic E-state index is 13.2. The summed E-state index contributed by atoms with van der Waals surface area (Å²) in [5.74, 6) is -3.05. The van der Waals surface area contributed by atoms with Crippen molar-refractivity contribution >= 4 is 17.6 Å². The molecule has 0 saturated carbocycles. The molecule has 1 aromatic carbocycles. The van der Waals surface area contributed by atoms with Crippen molar-refractivity contribution in [3.8, 4) is 11.4 Å². The largest absolute Gasteiger partial charge is 0.476 e. The highest BCUT2D eigenvalue weighted by molar-refractivity contribution is 6.33. The number of nitrogens with zero attached hydrogens (tertiary/aromatic N) is 2. The molecule has 0 aliphatic rings. The molecule has 0 amide bonds. The van der Waals surface area contributed by atoms with Gasteiger partial charge in [-0.2, -0.15) is 13.2 Å². The van der Waals surface area contributed by atoms with E-state index in [-0.39, 0.29) is 5.02 Å². The van der Waals surface area contributed by atoms with Gasteiger partial charge in [-0.15, -0.1) is 0 Å². The molecule has 0 bridgehead atoms. The summed E-state index contributed by atoms with van der Waals surface area (Å²) in [5, 5.41) is 8.51. The van der Waals surface area contributed by atoms with Crippen LogP contribution in [0.1, 0.15) is 16.1 Å². The van der Waals surface area contributed by atoms with E-state index >= 15 is 0 Å². The van der Waals surface area contributed by atoms with Crippen molar-refractivity contribution in [1.29, 1.82) is 0 Å². The number of carbonyl (C=O) groups is 1. The van der Waals surface area contributed by atoms with E-state index in [0.717, 1.165) is 6.20 Å². The number of aromatic nitrogens is 2. The summed E-state index contributed by atoms with van der Waals surface area (Å²) in [6, 6.07) is 1.75. The van der Waals surface area contributed by atoms with Crippen molar-refractivity contribution in [1.82, 2.24) is 9.97 Å². The molecular weight excluding hydrogens is 316 g/mol. The topological polar surface area (TPSA) is 63.1 Å². The van der Waals surface area contributed by atoms with Gasteiger partial charge in [-0.1, -0.05) is 11.6 Å². The molecule has 110 valence electrons. The van der Waals surface area contributed by atoms with E-state index in [1.807, 2.05) is 0 Å². The third-order valence-electron chi connectivity index (χ3n) is 2.47. The molecule has 0 fully saturated rings. The molecule has 0 unspecified atom stereocenters. The molecule has 0 atom stereocenters. The monoisotopic (exact) mass is 320 g/mol. The molecule has 21 heavy (non-hydrogen) atoms. The van der Waals surface area contributed by atoms with E-state index in [1.165, 1.54) is 0 Å². The van der Waals surface area contributed by atoms with Gasteiger partial charge in [0.2, 0.25) is 0 Å². The van der Waals surface area contributed by atoms with Gasteiger partial charge < -0.3 is 5.11 Å². The summed E-state index contributed by atoms with van der Waals surface area (Å²) in [4.78, 5) is 17.9. The highest BCUT2D eigenvalue weighted by atomic mass is 35.5. The Balaban J connectivity index is 2.69. The Labute approximate surface area is 120 Å². The molecule has 1 heterocycles. The van der Waals surface area contributed by atoms with Crippen LogP contribution in [0.25, 0.3) is 11.4 Å². The summed E-state index contributed by atoms with van der Waals surface area (Å²) in [6.07, 6.45) is -3.92. The van der Waals surface area contributed by atoms with Gasteiger partial charge in [-0.05, 0) is 18.2 Å². The Bertz CT molecular complexity index is 719. The molecular formula is C12H5ClF4N2O2. The number of rotatable bonds is 2. The third kappa shape index (κ3) is 3.10. The normalized spacial score (nSPS) is 11.5. The maximum Gasteiger partial charge on any atom is 0.417 e. The first kappa shape index (κ1) is 15.2. The zero-order valence-corrected chi connectivity index (χ0v) is 10.7. The lowest BCUT2D eigenvalue weighted by molar-refractivity contribution is -0.137. The van der Waals surface area contributed by atoms with E-state index in [1.54, 1.807) is 0 Å². The van der Waals surface area contributed by atoms with Gasteiger partial charge >= 0.3 is 12.1 Å². The van der Waals surface area contributed by atoms with E-state index < -0.39 is 40.6 Å². The number of halogens is 5. The van der Waals surface area contributed by atoms with Gasteiger partial charge in [0, 0.05) is 5.56 Å². The summed E-state index contributed by atoms with van der Waals surface area (Å²) in [6.45, 7) is 0. The van der Waals surface area contributed by atoms with Crippen LogP contribution >= 0.6 is 11.6 Å². The molecule has 4 nitrogen and oxygen atoms in total. The Hall–Kier alpha value is -2.22. The molecule has 0 radical (unpaired) electrons. The molecule has 1 aromatic heterocycles. The van der Waals surface area contributed by atoms with Crippen molar-refractivity contribution in [2.45, 2.75) is 6.18 Å². The summed E-state index contributed by atoms with van der Waals surface area (Å²) in [7, 11) is 0. The Morgan fingerprint density at radius 3 is 2.52 bits per heavy atom. The molecule has 0 spiro atoms. The van der Waals surface area contributed by atoms with E-state index in [2.05, 4.69) is 9.97 Å². The Morgan fingerprint density at radius 1 is 1.29 bits per heavy atom. The molecule has 2 rings (SSSR count). The van der Waals surface area contributed by atoms with Crippen LogP contribution in [0, 0.1) is 5.82 Å². The van der Waals surface area contributed by atoms with E-state index in [4.69, 9.17) is 16.7 Å². The van der Waals surface area contributed by atoms with Crippen LogP contribution in [-0.4, -0.2) is 21.0 Å². The van der Waals surface area contributed by atoms with Crippen molar-refractivity contribution in [3.63, 3.8) is 0 Å². The van der Waals surface area contributed by atoms with Crippen LogP contribution < -0.4 is 0 Å². The summed E-state index contributed by atoms with van der Waals surface area (Å²) >= 11 is 5.54. The standard InChI is InChI=1S/C12H5ClF4N2O2/c13-8-4-18-10(19-9(8)11(20)21)6-3-5(14)1-2-7(6)12(15,16)17/h1-4H,(H,20,21). The summed E-state index contributed by atoms with van der Waals surface area (Å²) in [5.41, 5.74) is -2.51. The predicted octanol–water partition coefficient (Wildman–Crippen LogP) is 3.65. The SMILES string of the molecule is O=C(O)c1nc(-c2cc(F)ccc2C(F)(F)F)ncc1Cl. The molecule has 0 aliphatic carbocycles. The predicted molar refractivity (Wildman–Crippen MR) is 64.4 cm³/mol. The van der Waals surface area contributed by atoms with Gasteiger partial charge in [0.25, 0.3) is 0 Å². The van der Waals surface area contributed by atoms with Crippen LogP contribution in [-0.2, 0) is 6.18 Å². The van der Waals surface area contributed by atoms with Crippen LogP contribution in [0.15, 0.2) is 24.4 Å². The average molecular weight is 321 g/mol. The second-order valence-corrected chi connectivity index (χ2v) is 4.29. The Kier molecular flexibility index (Phi) is 3.82. The number of carboxylic acids is 1. The highest BCUT2D eigenvalue weighted by Crippen LogP contribution is 2.36. The van der Waals surface area contributed by atoms with E-state index in [0.29, 0.717) is 18.2 Å². The lowest BCUT2D eigenvalue weighted by atomic mass is 10.1. The maximum atomic E-state index is 13.2. The number of hydrogen-bond donors (Lipinski definition) is 1. The fourth-order valence-corrected chi connectivity index (χ4v) is 1.77. The van der Waals surface area contributed by atoms with Crippen LogP contribution in [0.3, 0.4) is 0 Å². The van der Waals surface area contributed by atoms with Crippen LogP contribution in [0.2, 0.25) is 5.02 Å². The highest BCUT2D eigenvalue weighted by Gasteiger charge is 2.34. The number of alkyl halides is 3. The smallest absolute Gasteiger partial charge is 0.417 e. The van der Waals surface area contributed by atoms with Gasteiger partial charge in [0.1, 0.15) is 5.82 Å². The van der Waals surface area contributed by atoms with Crippen molar-refractivity contribution in [2.24, 2.45) is 0 Å². The zero-order chi connectivity index (χ0) is 15.8. The zero-order valence-electron chi connectivity index (χ0n) is 9.95. The van der Waals surface area contributed by atoms with Crippen molar-refractivity contribution in [3.05, 3.63) is 46.5 Å². The van der Waals surface area contributed by atoms with Gasteiger partial charge in [-0.25, -0.2) is 19.2 Å². The van der Waals surface area contributed by atoms with Gasteiger partial charge in [-0.3, -0.25) is 0 Å². The fourth-order valence-electron chi connectivity index (χ4n) is 1.60. The number of aromatic carboxylic acids is 1. The minimum absolute atomic E-state index is 0.337. The molecule has 1 N–H and O–H groups in total. The summed E-state index contributed by atoms with van der Waals surface area (Å²) < 4.78 is 51.8. The molecule has 9 heteroatoms. The minimum Gasteiger partial charge on any atom is -0.476 e. The van der Waals surface area contributed by atoms with Gasteiger partial charge in [0.05, 0.1) is 16.8 Å². The molecule has 2 aromatic rings. The molecule has 0 saturated heterocycles. The number of carboxylic acid groups (broad SMARTS) is 1. The van der Waals surface area contributed by atoms with Crippen molar-refractivity contribution < 1.29 is 27.5 Å². The van der Waals surface area contributed by atoms with Crippen LogP contribution in [0.4, 0.5) is 17.6 Å². The second kappa shape index (κ2) is 5.28. The Morgan fingerprint density at radius 2 is 1.95 bits per heavy atom. The van der Waals surface area contributed by atoms with Crippen molar-refractivity contribution in [2.75, 3.05) is 0 Å². The number of hydrogen-bond acceptors (Lipinski definition) is 3. The average Bonchev–Trinajstić information content (AvgIpc) is 2.37. The van der Waals surface area contributed by atoms with Gasteiger partial charge in [0.15, 0.2) is 11.5 Å². The third-order valence-corrected chi connectivity index (χ3v) is 2.75. The first-order chi connectivity index (χ1) is 9.70. The first-order valence-corrected chi connectivity index (χ1v) is 5.71. The number of benzene rings is 1. The fraction of sp³-hybridized carbons (Fsp3) is 0.0833. The quantitative estimate of drug-likeness (QED) is 0.858. The second-order valence-electron chi connectivity index (χ2n) is 3.88.